The largest absolute Gasteiger partial charge is 0.300 e. The third-order valence-electron chi connectivity index (χ3n) is 8.22. The molecule has 4 aliphatic carbocycles. The molecule has 3 fully saturated rings. The van der Waals surface area contributed by atoms with Gasteiger partial charge in [-0.3, -0.25) is 9.59 Å². The molecule has 4 rings (SSSR count). The minimum atomic E-state index is -3.33. The molecule has 3 saturated carbocycles. The summed E-state index contributed by atoms with van der Waals surface area (Å²) in [6.07, 6.45) is 11.7. The summed E-state index contributed by atoms with van der Waals surface area (Å²) >= 11 is 0. The molecule has 148 valence electrons. The number of carbonyl (C=O) groups excluding carboxylic acids is 2. The van der Waals surface area contributed by atoms with Crippen LogP contribution in [0.25, 0.3) is 0 Å². The van der Waals surface area contributed by atoms with Crippen molar-refractivity contribution in [3.05, 3.63) is 23.3 Å². The van der Waals surface area contributed by atoms with Crippen molar-refractivity contribution in [2.45, 2.75) is 58.8 Å². The molecule has 5 atom stereocenters. The summed E-state index contributed by atoms with van der Waals surface area (Å²) < 4.78 is 23.2. The van der Waals surface area contributed by atoms with E-state index in [0.717, 1.165) is 44.8 Å². The van der Waals surface area contributed by atoms with E-state index in [-0.39, 0.29) is 16.6 Å². The summed E-state index contributed by atoms with van der Waals surface area (Å²) in [5.74, 6) is 1.32. The lowest BCUT2D eigenvalue weighted by Gasteiger charge is -2.58. The quantitative estimate of drug-likeness (QED) is 0.737. The minimum Gasteiger partial charge on any atom is -0.300 e. The van der Waals surface area contributed by atoms with E-state index in [1.807, 2.05) is 6.08 Å². The van der Waals surface area contributed by atoms with E-state index in [2.05, 4.69) is 19.9 Å². The number of fused-ring (bicyclic) bond motifs is 5. The van der Waals surface area contributed by atoms with E-state index < -0.39 is 15.6 Å². The predicted molar refractivity (Wildman–Crippen MR) is 105 cm³/mol. The number of hydrogen-bond donors (Lipinski definition) is 0. The lowest BCUT2D eigenvalue weighted by molar-refractivity contribution is -0.131. The Labute approximate surface area is 162 Å². The highest BCUT2D eigenvalue weighted by atomic mass is 32.2. The summed E-state index contributed by atoms with van der Waals surface area (Å²) in [4.78, 5) is 24.7. The van der Waals surface area contributed by atoms with Crippen LogP contribution in [0.15, 0.2) is 23.3 Å². The predicted octanol–water partition coefficient (Wildman–Crippen LogP) is 3.67. The fourth-order valence-electron chi connectivity index (χ4n) is 6.76. The molecule has 0 aromatic rings. The van der Waals surface area contributed by atoms with Crippen molar-refractivity contribution in [1.82, 2.24) is 0 Å². The van der Waals surface area contributed by atoms with Crippen LogP contribution in [0.1, 0.15) is 58.8 Å². The highest BCUT2D eigenvalue weighted by molar-refractivity contribution is 7.91. The van der Waals surface area contributed by atoms with Crippen LogP contribution in [0.5, 0.6) is 0 Å². The second-order valence-corrected chi connectivity index (χ2v) is 11.9. The maximum atomic E-state index is 12.7. The van der Waals surface area contributed by atoms with Gasteiger partial charge >= 0.3 is 0 Å². The van der Waals surface area contributed by atoms with Crippen molar-refractivity contribution in [1.29, 1.82) is 0 Å². The molecule has 0 saturated heterocycles. The first-order chi connectivity index (χ1) is 12.5. The van der Waals surface area contributed by atoms with Crippen LogP contribution in [0.4, 0.5) is 0 Å². The second kappa shape index (κ2) is 6.13. The standard InChI is InChI=1S/C22H30O4S/c1-21-10-8-15(23)12-14(21)4-5-16-17-6-7-19(20(24)13-27(3,25)26)22(17,2)11-9-18(16)21/h6-7,14,16,18H,4-5,8-13H2,1-3H3/t14?,16-,18-,21-,22-/m0/s1. The average Bonchev–Trinajstić information content (AvgIpc) is 2.91. The number of sulfone groups is 1. The Hall–Kier alpha value is -1.23. The van der Waals surface area contributed by atoms with E-state index in [4.69, 9.17) is 0 Å². The molecule has 0 amide bonds. The van der Waals surface area contributed by atoms with Gasteiger partial charge in [0.2, 0.25) is 0 Å². The average molecular weight is 391 g/mol. The van der Waals surface area contributed by atoms with E-state index in [1.54, 1.807) is 0 Å². The maximum Gasteiger partial charge on any atom is 0.174 e. The van der Waals surface area contributed by atoms with Crippen LogP contribution >= 0.6 is 0 Å². The van der Waals surface area contributed by atoms with Crippen LogP contribution in [0.2, 0.25) is 0 Å². The van der Waals surface area contributed by atoms with Gasteiger partial charge in [0.25, 0.3) is 0 Å². The highest BCUT2D eigenvalue weighted by Gasteiger charge is 2.56. The summed E-state index contributed by atoms with van der Waals surface area (Å²) in [5.41, 5.74) is 1.94. The molecule has 0 spiro atoms. The SMILES string of the molecule is C[C@]12CC[C@H]3[C@@H](CCC4CC(=O)CC[C@@]43C)C1=CC=C2C(=O)CS(C)(=O)=O. The molecule has 0 N–H and O–H groups in total. The van der Waals surface area contributed by atoms with Crippen LogP contribution in [0, 0.1) is 28.6 Å². The molecule has 0 heterocycles. The summed E-state index contributed by atoms with van der Waals surface area (Å²) in [7, 11) is -3.33. The molecule has 5 heteroatoms. The van der Waals surface area contributed by atoms with Crippen molar-refractivity contribution >= 4 is 21.4 Å². The lowest BCUT2D eigenvalue weighted by atomic mass is 9.46. The normalized spacial score (nSPS) is 41.1. The van der Waals surface area contributed by atoms with Crippen LogP contribution in [-0.2, 0) is 19.4 Å². The molecule has 0 radical (unpaired) electrons. The van der Waals surface area contributed by atoms with Crippen molar-refractivity contribution in [2.75, 3.05) is 12.0 Å². The molecule has 0 aliphatic heterocycles. The Kier molecular flexibility index (Phi) is 4.34. The highest BCUT2D eigenvalue weighted by Crippen LogP contribution is 2.64. The van der Waals surface area contributed by atoms with Gasteiger partial charge in [0.15, 0.2) is 15.6 Å². The monoisotopic (exact) mass is 390 g/mol. The molecule has 0 aromatic carbocycles. The fourth-order valence-corrected chi connectivity index (χ4v) is 7.39. The van der Waals surface area contributed by atoms with Gasteiger partial charge in [-0.25, -0.2) is 8.42 Å². The Bertz CT molecular complexity index is 865. The Morgan fingerprint density at radius 2 is 1.89 bits per heavy atom. The maximum absolute atomic E-state index is 12.7. The molecule has 0 bridgehead atoms. The van der Waals surface area contributed by atoms with Crippen LogP contribution in [0.3, 0.4) is 0 Å². The fraction of sp³-hybridized carbons (Fsp3) is 0.727. The zero-order valence-corrected chi connectivity index (χ0v) is 17.4. The summed E-state index contributed by atoms with van der Waals surface area (Å²) in [6, 6.07) is 0. The van der Waals surface area contributed by atoms with Crippen LogP contribution in [-0.4, -0.2) is 32.0 Å². The van der Waals surface area contributed by atoms with Gasteiger partial charge < -0.3 is 0 Å². The zero-order chi connectivity index (χ0) is 19.6. The molecule has 27 heavy (non-hydrogen) atoms. The second-order valence-electron chi connectivity index (χ2n) is 9.80. The number of Topliss-reactive ketones (excluding diaryl/α,β-unsaturated/α-hetero) is 2. The first-order valence-electron chi connectivity index (χ1n) is 10.2. The molecular weight excluding hydrogens is 360 g/mol. The Morgan fingerprint density at radius 1 is 1.15 bits per heavy atom. The summed E-state index contributed by atoms with van der Waals surface area (Å²) in [6.45, 7) is 4.52. The van der Waals surface area contributed by atoms with Crippen molar-refractivity contribution in [3.63, 3.8) is 0 Å². The number of hydrogen-bond acceptors (Lipinski definition) is 4. The summed E-state index contributed by atoms with van der Waals surface area (Å²) in [5, 5.41) is 0. The molecule has 4 aliphatic rings. The van der Waals surface area contributed by atoms with E-state index in [9.17, 15) is 18.0 Å². The van der Waals surface area contributed by atoms with Gasteiger partial charge in [0.05, 0.1) is 0 Å². The first kappa shape index (κ1) is 19.1. The Morgan fingerprint density at radius 3 is 2.59 bits per heavy atom. The first-order valence-corrected chi connectivity index (χ1v) is 12.3. The lowest BCUT2D eigenvalue weighted by Crippen LogP contribution is -2.51. The van der Waals surface area contributed by atoms with Gasteiger partial charge in [0.1, 0.15) is 11.5 Å². The van der Waals surface area contributed by atoms with Gasteiger partial charge in [-0.05, 0) is 55.3 Å². The van der Waals surface area contributed by atoms with Gasteiger partial charge in [-0.2, -0.15) is 0 Å². The molecule has 0 aromatic heterocycles. The minimum absolute atomic E-state index is 0.221. The van der Waals surface area contributed by atoms with Crippen molar-refractivity contribution in [3.8, 4) is 0 Å². The number of allylic oxidation sites excluding steroid dienone is 4. The number of rotatable bonds is 3. The van der Waals surface area contributed by atoms with Gasteiger partial charge in [-0.15, -0.1) is 0 Å². The number of carbonyl (C=O) groups is 2. The third-order valence-corrected chi connectivity index (χ3v) is 9.00. The van der Waals surface area contributed by atoms with Gasteiger partial charge in [0, 0.05) is 30.1 Å². The Balaban J connectivity index is 1.60. The van der Waals surface area contributed by atoms with E-state index in [0.29, 0.717) is 35.5 Å². The third kappa shape index (κ3) is 2.97. The zero-order valence-electron chi connectivity index (χ0n) is 16.6. The van der Waals surface area contributed by atoms with Crippen molar-refractivity contribution in [2.24, 2.45) is 28.6 Å². The van der Waals surface area contributed by atoms with Crippen LogP contribution < -0.4 is 0 Å². The molecule has 1 unspecified atom stereocenters. The topological polar surface area (TPSA) is 68.3 Å². The van der Waals surface area contributed by atoms with Gasteiger partial charge in [-0.1, -0.05) is 31.6 Å². The molecular formula is C22H30O4S. The smallest absolute Gasteiger partial charge is 0.174 e. The van der Waals surface area contributed by atoms with E-state index >= 15 is 0 Å². The number of ketones is 2. The van der Waals surface area contributed by atoms with Crippen molar-refractivity contribution < 1.29 is 18.0 Å². The molecule has 4 nitrogen and oxygen atoms in total. The van der Waals surface area contributed by atoms with E-state index in [1.165, 1.54) is 5.57 Å².